The van der Waals surface area contributed by atoms with E-state index in [1.807, 2.05) is 60.5 Å². The number of carbonyl (C=O) groups excluding carboxylic acids is 1. The SMILES string of the molecule is CN1CCN(C(=O)c2cnc3ccccc3n2)c2nc3ccccc3nc21. The number of likely N-dealkylation sites (N-methyl/N-ethyl adjacent to an activating group) is 1. The van der Waals surface area contributed by atoms with E-state index in [-0.39, 0.29) is 5.91 Å². The molecule has 0 N–H and O–H groups in total. The van der Waals surface area contributed by atoms with Crippen molar-refractivity contribution in [1.29, 1.82) is 0 Å². The van der Waals surface area contributed by atoms with Gasteiger partial charge in [-0.25, -0.2) is 15.0 Å². The minimum Gasteiger partial charge on any atom is -0.355 e. The van der Waals surface area contributed by atoms with E-state index < -0.39 is 0 Å². The second kappa shape index (κ2) is 5.98. The summed E-state index contributed by atoms with van der Waals surface area (Å²) in [6.45, 7) is 1.19. The molecule has 1 amide bonds. The number of fused-ring (bicyclic) bond motifs is 3. The summed E-state index contributed by atoms with van der Waals surface area (Å²) in [6, 6.07) is 15.2. The van der Waals surface area contributed by atoms with Crippen LogP contribution in [-0.2, 0) is 0 Å². The van der Waals surface area contributed by atoms with Crippen molar-refractivity contribution in [3.63, 3.8) is 0 Å². The Morgan fingerprint density at radius 1 is 0.815 bits per heavy atom. The van der Waals surface area contributed by atoms with Gasteiger partial charge in [-0.1, -0.05) is 24.3 Å². The summed E-state index contributed by atoms with van der Waals surface area (Å²) in [5.74, 6) is 1.04. The standard InChI is InChI=1S/C20H16N6O/c1-25-10-11-26(19-18(25)23-15-8-4-5-9-16(15)24-19)20(27)17-12-21-13-6-2-3-7-14(13)22-17/h2-9,12H,10-11H2,1H3. The summed E-state index contributed by atoms with van der Waals surface area (Å²) in [4.78, 5) is 35.1. The van der Waals surface area contributed by atoms with Gasteiger partial charge < -0.3 is 4.90 Å². The van der Waals surface area contributed by atoms with E-state index in [4.69, 9.17) is 9.97 Å². The lowest BCUT2D eigenvalue weighted by atomic mass is 10.2. The summed E-state index contributed by atoms with van der Waals surface area (Å²) in [5, 5.41) is 0. The molecule has 5 rings (SSSR count). The molecule has 1 aliphatic rings. The number of anilines is 2. The molecule has 3 heterocycles. The van der Waals surface area contributed by atoms with Crippen molar-refractivity contribution in [2.45, 2.75) is 0 Å². The third-order valence-corrected chi connectivity index (χ3v) is 4.72. The fraction of sp³-hybridized carbons (Fsp3) is 0.150. The van der Waals surface area contributed by atoms with Crippen LogP contribution in [-0.4, -0.2) is 46.0 Å². The van der Waals surface area contributed by atoms with E-state index >= 15 is 0 Å². The molecule has 7 heteroatoms. The van der Waals surface area contributed by atoms with Crippen LogP contribution in [0.15, 0.2) is 54.7 Å². The smallest absolute Gasteiger partial charge is 0.279 e. The summed E-state index contributed by atoms with van der Waals surface area (Å²) >= 11 is 0. The highest BCUT2D eigenvalue weighted by Crippen LogP contribution is 2.31. The van der Waals surface area contributed by atoms with Crippen LogP contribution < -0.4 is 9.80 Å². The van der Waals surface area contributed by atoms with Gasteiger partial charge >= 0.3 is 0 Å². The van der Waals surface area contributed by atoms with Gasteiger partial charge in [0.05, 0.1) is 28.3 Å². The van der Waals surface area contributed by atoms with E-state index in [1.165, 1.54) is 6.20 Å². The van der Waals surface area contributed by atoms with E-state index in [0.29, 0.717) is 35.9 Å². The van der Waals surface area contributed by atoms with Crippen LogP contribution in [0.5, 0.6) is 0 Å². The van der Waals surface area contributed by atoms with E-state index in [2.05, 4.69) is 9.97 Å². The molecule has 2 aromatic carbocycles. The van der Waals surface area contributed by atoms with Crippen LogP contribution in [0.3, 0.4) is 0 Å². The molecule has 0 unspecified atom stereocenters. The molecule has 0 saturated carbocycles. The second-order valence-electron chi connectivity index (χ2n) is 6.48. The number of para-hydroxylation sites is 4. The number of benzene rings is 2. The molecule has 132 valence electrons. The van der Waals surface area contributed by atoms with Gasteiger partial charge in [0.2, 0.25) is 0 Å². The third-order valence-electron chi connectivity index (χ3n) is 4.72. The van der Waals surface area contributed by atoms with Crippen molar-refractivity contribution in [1.82, 2.24) is 19.9 Å². The lowest BCUT2D eigenvalue weighted by Gasteiger charge is -2.33. The molecule has 0 bridgehead atoms. The summed E-state index contributed by atoms with van der Waals surface area (Å²) < 4.78 is 0. The highest BCUT2D eigenvalue weighted by molar-refractivity contribution is 6.07. The number of amides is 1. The van der Waals surface area contributed by atoms with Crippen molar-refractivity contribution in [3.8, 4) is 0 Å². The van der Waals surface area contributed by atoms with Gasteiger partial charge in [-0.2, -0.15) is 0 Å². The van der Waals surface area contributed by atoms with Crippen LogP contribution in [0.1, 0.15) is 10.5 Å². The van der Waals surface area contributed by atoms with Crippen LogP contribution in [0, 0.1) is 0 Å². The zero-order valence-corrected chi connectivity index (χ0v) is 14.7. The summed E-state index contributed by atoms with van der Waals surface area (Å²) in [6.07, 6.45) is 1.52. The molecule has 0 radical (unpaired) electrons. The highest BCUT2D eigenvalue weighted by atomic mass is 16.2. The highest BCUT2D eigenvalue weighted by Gasteiger charge is 2.30. The molecular formula is C20H16N6O. The Hall–Kier alpha value is -3.61. The molecule has 27 heavy (non-hydrogen) atoms. The largest absolute Gasteiger partial charge is 0.355 e. The van der Waals surface area contributed by atoms with E-state index in [1.54, 1.807) is 4.90 Å². The summed E-state index contributed by atoms with van der Waals surface area (Å²) in [7, 11) is 1.96. The van der Waals surface area contributed by atoms with Crippen molar-refractivity contribution in [2.75, 3.05) is 29.9 Å². The third kappa shape index (κ3) is 2.55. The predicted molar refractivity (Wildman–Crippen MR) is 104 cm³/mol. The maximum atomic E-state index is 13.2. The van der Waals surface area contributed by atoms with Crippen molar-refractivity contribution >= 4 is 39.6 Å². The molecule has 7 nitrogen and oxygen atoms in total. The Balaban J connectivity index is 1.61. The first kappa shape index (κ1) is 15.6. The lowest BCUT2D eigenvalue weighted by Crippen LogP contribution is -2.44. The first-order valence-electron chi connectivity index (χ1n) is 8.72. The summed E-state index contributed by atoms with van der Waals surface area (Å²) in [5.41, 5.74) is 3.33. The quantitative estimate of drug-likeness (QED) is 0.522. The number of hydrogen-bond donors (Lipinski definition) is 0. The van der Waals surface area contributed by atoms with Crippen LogP contribution in [0.2, 0.25) is 0 Å². The lowest BCUT2D eigenvalue weighted by molar-refractivity contribution is 0.0981. The number of carbonyl (C=O) groups is 1. The average Bonchev–Trinajstić information content (AvgIpc) is 2.72. The van der Waals surface area contributed by atoms with Gasteiger partial charge in [0.1, 0.15) is 5.69 Å². The Kier molecular flexibility index (Phi) is 3.46. The second-order valence-corrected chi connectivity index (χ2v) is 6.48. The number of aromatic nitrogens is 4. The Labute approximate surface area is 155 Å². The maximum Gasteiger partial charge on any atom is 0.279 e. The van der Waals surface area contributed by atoms with Crippen LogP contribution >= 0.6 is 0 Å². The van der Waals surface area contributed by atoms with Crippen LogP contribution in [0.25, 0.3) is 22.1 Å². The van der Waals surface area contributed by atoms with E-state index in [9.17, 15) is 4.79 Å². The fourth-order valence-corrected chi connectivity index (χ4v) is 3.28. The van der Waals surface area contributed by atoms with Gasteiger partial charge in [-0.05, 0) is 24.3 Å². The molecular weight excluding hydrogens is 340 g/mol. The van der Waals surface area contributed by atoms with Gasteiger partial charge in [0, 0.05) is 20.1 Å². The van der Waals surface area contributed by atoms with Gasteiger partial charge in [0.15, 0.2) is 11.6 Å². The van der Waals surface area contributed by atoms with Crippen molar-refractivity contribution in [2.24, 2.45) is 0 Å². The molecule has 0 atom stereocenters. The van der Waals surface area contributed by atoms with E-state index in [0.717, 1.165) is 16.6 Å². The fourth-order valence-electron chi connectivity index (χ4n) is 3.28. The molecule has 0 aliphatic carbocycles. The molecule has 4 aromatic rings. The Morgan fingerprint density at radius 3 is 2.11 bits per heavy atom. The Bertz CT molecular complexity index is 1190. The first-order chi connectivity index (χ1) is 13.2. The zero-order valence-electron chi connectivity index (χ0n) is 14.7. The average molecular weight is 356 g/mol. The van der Waals surface area contributed by atoms with Crippen molar-refractivity contribution in [3.05, 3.63) is 60.4 Å². The minimum atomic E-state index is -0.216. The Morgan fingerprint density at radius 2 is 1.41 bits per heavy atom. The maximum absolute atomic E-state index is 13.2. The molecule has 1 aliphatic heterocycles. The molecule has 0 spiro atoms. The zero-order chi connectivity index (χ0) is 18.4. The predicted octanol–water partition coefficient (Wildman–Crippen LogP) is 2.67. The monoisotopic (exact) mass is 356 g/mol. The number of hydrogen-bond acceptors (Lipinski definition) is 6. The minimum absolute atomic E-state index is 0.216. The normalized spacial score (nSPS) is 13.8. The number of nitrogens with zero attached hydrogens (tertiary/aromatic N) is 6. The molecule has 0 fully saturated rings. The first-order valence-corrected chi connectivity index (χ1v) is 8.72. The number of rotatable bonds is 1. The van der Waals surface area contributed by atoms with Gasteiger partial charge in [-0.15, -0.1) is 0 Å². The van der Waals surface area contributed by atoms with Gasteiger partial charge in [0.25, 0.3) is 5.91 Å². The van der Waals surface area contributed by atoms with Crippen molar-refractivity contribution < 1.29 is 4.79 Å². The van der Waals surface area contributed by atoms with Gasteiger partial charge in [-0.3, -0.25) is 14.7 Å². The topological polar surface area (TPSA) is 75.1 Å². The molecule has 2 aromatic heterocycles. The molecule has 0 saturated heterocycles. The van der Waals surface area contributed by atoms with Crippen LogP contribution in [0.4, 0.5) is 11.6 Å².